The van der Waals surface area contributed by atoms with Crippen LogP contribution < -0.4 is 21.5 Å². The van der Waals surface area contributed by atoms with Gasteiger partial charge >= 0.3 is 0 Å². The van der Waals surface area contributed by atoms with Gasteiger partial charge in [-0.15, -0.1) is 0 Å². The van der Waals surface area contributed by atoms with Crippen molar-refractivity contribution in [3.8, 4) is 0 Å². The number of hydrogen-bond acceptors (Lipinski definition) is 4. The van der Waals surface area contributed by atoms with E-state index in [9.17, 15) is 14.4 Å². The SMILES string of the molecule is CN[C@@H](C)C(=O)Nc1cc2c(n(CC(=O)NCCCc3ccccc3)c1=O)CCCC2. The third-order valence-corrected chi connectivity index (χ3v) is 5.79. The molecule has 2 aromatic rings. The van der Waals surface area contributed by atoms with Crippen LogP contribution in [-0.4, -0.2) is 36.0 Å². The molecule has 7 nitrogen and oxygen atoms in total. The molecule has 3 N–H and O–H groups in total. The second kappa shape index (κ2) is 10.9. The predicted octanol–water partition coefficient (Wildman–Crippen LogP) is 2.02. The van der Waals surface area contributed by atoms with Crippen LogP contribution >= 0.6 is 0 Å². The van der Waals surface area contributed by atoms with Gasteiger partial charge in [-0.3, -0.25) is 14.4 Å². The van der Waals surface area contributed by atoms with E-state index in [-0.39, 0.29) is 29.6 Å². The number of nitrogens with zero attached hydrogens (tertiary/aromatic N) is 1. The van der Waals surface area contributed by atoms with Gasteiger partial charge in [0.25, 0.3) is 5.56 Å². The highest BCUT2D eigenvalue weighted by atomic mass is 16.2. The van der Waals surface area contributed by atoms with Gasteiger partial charge in [-0.05, 0) is 69.7 Å². The Labute approximate surface area is 183 Å². The third kappa shape index (κ3) is 6.04. The Morgan fingerprint density at radius 1 is 1.13 bits per heavy atom. The molecule has 1 aliphatic carbocycles. The number of pyridine rings is 1. The van der Waals surface area contributed by atoms with E-state index in [0.717, 1.165) is 49.8 Å². The number of hydrogen-bond donors (Lipinski definition) is 3. The van der Waals surface area contributed by atoms with E-state index in [1.807, 2.05) is 18.2 Å². The molecule has 3 rings (SSSR count). The van der Waals surface area contributed by atoms with Gasteiger partial charge in [-0.2, -0.15) is 0 Å². The molecule has 0 radical (unpaired) electrons. The maximum absolute atomic E-state index is 13.1. The Bertz CT molecular complexity index is 969. The predicted molar refractivity (Wildman–Crippen MR) is 122 cm³/mol. The summed E-state index contributed by atoms with van der Waals surface area (Å²) >= 11 is 0. The average Bonchev–Trinajstić information content (AvgIpc) is 2.79. The number of likely N-dealkylation sites (N-methyl/N-ethyl adjacent to an activating group) is 1. The molecule has 0 saturated heterocycles. The number of rotatable bonds is 9. The van der Waals surface area contributed by atoms with Crippen molar-refractivity contribution in [3.63, 3.8) is 0 Å². The molecule has 1 aromatic heterocycles. The standard InChI is InChI=1S/C24H32N4O3/c1-17(25-2)23(30)27-20-15-19-12-6-7-13-21(19)28(24(20)31)16-22(29)26-14-8-11-18-9-4-3-5-10-18/h3-5,9-10,15,17,25H,6-8,11-14,16H2,1-2H3,(H,26,29)(H,27,30)/t17-/m0/s1. The van der Waals surface area contributed by atoms with Crippen LogP contribution in [0.4, 0.5) is 5.69 Å². The minimum absolute atomic E-state index is 0.0300. The Balaban J connectivity index is 1.68. The van der Waals surface area contributed by atoms with Crippen molar-refractivity contribution in [2.24, 2.45) is 0 Å². The summed E-state index contributed by atoms with van der Waals surface area (Å²) in [5.74, 6) is -0.456. The summed E-state index contributed by atoms with van der Waals surface area (Å²) in [6.45, 7) is 2.26. The van der Waals surface area contributed by atoms with Crippen LogP contribution in [0, 0.1) is 0 Å². The van der Waals surface area contributed by atoms with Crippen molar-refractivity contribution in [3.05, 3.63) is 63.6 Å². The fourth-order valence-corrected chi connectivity index (χ4v) is 3.87. The van der Waals surface area contributed by atoms with E-state index in [1.54, 1.807) is 24.6 Å². The van der Waals surface area contributed by atoms with Crippen LogP contribution in [0.2, 0.25) is 0 Å². The minimum atomic E-state index is -0.420. The second-order valence-corrected chi connectivity index (χ2v) is 8.07. The Hall–Kier alpha value is -2.93. The molecule has 0 bridgehead atoms. The number of amides is 2. The molecule has 1 aliphatic rings. The normalized spacial score (nSPS) is 13.9. The number of aryl methyl sites for hydroxylation is 2. The van der Waals surface area contributed by atoms with Crippen LogP contribution in [0.5, 0.6) is 0 Å². The van der Waals surface area contributed by atoms with Crippen molar-refractivity contribution in [1.82, 2.24) is 15.2 Å². The summed E-state index contributed by atoms with van der Waals surface area (Å²) < 4.78 is 1.54. The molecular formula is C24H32N4O3. The molecular weight excluding hydrogens is 392 g/mol. The van der Waals surface area contributed by atoms with E-state index >= 15 is 0 Å². The van der Waals surface area contributed by atoms with E-state index in [4.69, 9.17) is 0 Å². The highest BCUT2D eigenvalue weighted by Gasteiger charge is 2.21. The van der Waals surface area contributed by atoms with Gasteiger partial charge < -0.3 is 20.5 Å². The molecule has 0 spiro atoms. The lowest BCUT2D eigenvalue weighted by Crippen LogP contribution is -2.40. The van der Waals surface area contributed by atoms with Gasteiger partial charge in [-0.25, -0.2) is 0 Å². The Morgan fingerprint density at radius 2 is 1.87 bits per heavy atom. The number of nitrogens with one attached hydrogen (secondary N) is 3. The molecule has 1 aromatic carbocycles. The first kappa shape index (κ1) is 22.7. The van der Waals surface area contributed by atoms with Gasteiger partial charge in [-0.1, -0.05) is 30.3 Å². The topological polar surface area (TPSA) is 92.2 Å². The lowest BCUT2D eigenvalue weighted by molar-refractivity contribution is -0.121. The number of aromatic nitrogens is 1. The van der Waals surface area contributed by atoms with E-state index < -0.39 is 6.04 Å². The van der Waals surface area contributed by atoms with Crippen molar-refractivity contribution < 1.29 is 9.59 Å². The van der Waals surface area contributed by atoms with Gasteiger partial charge in [0.2, 0.25) is 11.8 Å². The summed E-state index contributed by atoms with van der Waals surface area (Å²) in [5, 5.41) is 8.52. The minimum Gasteiger partial charge on any atom is -0.355 e. The third-order valence-electron chi connectivity index (χ3n) is 5.79. The molecule has 0 saturated carbocycles. The largest absolute Gasteiger partial charge is 0.355 e. The van der Waals surface area contributed by atoms with Crippen LogP contribution in [0.25, 0.3) is 0 Å². The van der Waals surface area contributed by atoms with Gasteiger partial charge in [0.1, 0.15) is 12.2 Å². The smallest absolute Gasteiger partial charge is 0.275 e. The molecule has 2 amide bonds. The second-order valence-electron chi connectivity index (χ2n) is 8.07. The van der Waals surface area contributed by atoms with Gasteiger partial charge in [0, 0.05) is 12.2 Å². The zero-order valence-electron chi connectivity index (χ0n) is 18.4. The number of benzene rings is 1. The number of carbonyl (C=O) groups excluding carboxylic acids is 2. The first-order chi connectivity index (χ1) is 15.0. The average molecular weight is 425 g/mol. The van der Waals surface area contributed by atoms with Crippen molar-refractivity contribution in [1.29, 1.82) is 0 Å². The highest BCUT2D eigenvalue weighted by Crippen LogP contribution is 2.22. The number of anilines is 1. The van der Waals surface area contributed by atoms with Crippen molar-refractivity contribution >= 4 is 17.5 Å². The van der Waals surface area contributed by atoms with Crippen molar-refractivity contribution in [2.45, 2.75) is 58.0 Å². The molecule has 7 heteroatoms. The van der Waals surface area contributed by atoms with Crippen LogP contribution in [0.1, 0.15) is 43.0 Å². The molecule has 31 heavy (non-hydrogen) atoms. The number of carbonyl (C=O) groups is 2. The molecule has 166 valence electrons. The van der Waals surface area contributed by atoms with E-state index in [2.05, 4.69) is 28.1 Å². The van der Waals surface area contributed by atoms with E-state index in [1.165, 1.54) is 5.56 Å². The first-order valence-electron chi connectivity index (χ1n) is 11.0. The molecule has 0 unspecified atom stereocenters. The Kier molecular flexibility index (Phi) is 8.00. The summed E-state index contributed by atoms with van der Waals surface area (Å²) in [6.07, 6.45) is 5.37. The number of fused-ring (bicyclic) bond motifs is 1. The lowest BCUT2D eigenvalue weighted by atomic mass is 9.95. The lowest BCUT2D eigenvalue weighted by Gasteiger charge is -2.23. The van der Waals surface area contributed by atoms with Crippen LogP contribution in [-0.2, 0) is 35.4 Å². The first-order valence-corrected chi connectivity index (χ1v) is 11.0. The maximum atomic E-state index is 13.1. The summed E-state index contributed by atoms with van der Waals surface area (Å²) in [4.78, 5) is 38.0. The molecule has 1 atom stereocenters. The van der Waals surface area contributed by atoms with Crippen LogP contribution in [0.3, 0.4) is 0 Å². The summed E-state index contributed by atoms with van der Waals surface area (Å²) in [6, 6.07) is 11.5. The molecule has 0 aliphatic heterocycles. The fraction of sp³-hybridized carbons (Fsp3) is 0.458. The Morgan fingerprint density at radius 3 is 2.61 bits per heavy atom. The van der Waals surface area contributed by atoms with Crippen molar-refractivity contribution in [2.75, 3.05) is 18.9 Å². The zero-order chi connectivity index (χ0) is 22.2. The zero-order valence-corrected chi connectivity index (χ0v) is 18.4. The summed E-state index contributed by atoms with van der Waals surface area (Å²) in [5.41, 5.74) is 3.10. The monoisotopic (exact) mass is 424 g/mol. The van der Waals surface area contributed by atoms with Gasteiger partial charge in [0.15, 0.2) is 0 Å². The highest BCUT2D eigenvalue weighted by molar-refractivity contribution is 5.94. The fourth-order valence-electron chi connectivity index (χ4n) is 3.87. The summed E-state index contributed by atoms with van der Waals surface area (Å²) in [7, 11) is 1.69. The molecule has 1 heterocycles. The van der Waals surface area contributed by atoms with E-state index in [0.29, 0.717) is 6.54 Å². The maximum Gasteiger partial charge on any atom is 0.275 e. The molecule has 0 fully saturated rings. The van der Waals surface area contributed by atoms with Gasteiger partial charge in [0.05, 0.1) is 6.04 Å². The quantitative estimate of drug-likeness (QED) is 0.537. The van der Waals surface area contributed by atoms with Crippen LogP contribution in [0.15, 0.2) is 41.2 Å².